The Labute approximate surface area is 133 Å². The predicted octanol–water partition coefficient (Wildman–Crippen LogP) is 4.43. The summed E-state index contributed by atoms with van der Waals surface area (Å²) in [7, 11) is 0. The molecule has 0 aliphatic carbocycles. The fraction of sp³-hybridized carbons (Fsp3) is 0.588. The van der Waals surface area contributed by atoms with Crippen molar-refractivity contribution in [3.8, 4) is 5.75 Å². The number of rotatable bonds is 10. The average molecular weight is 312 g/mol. The van der Waals surface area contributed by atoms with E-state index in [-0.39, 0.29) is 5.78 Å². The summed E-state index contributed by atoms with van der Waals surface area (Å²) >= 11 is 6.16. The van der Waals surface area contributed by atoms with Crippen LogP contribution >= 0.6 is 11.6 Å². The lowest BCUT2D eigenvalue weighted by Gasteiger charge is -2.17. The lowest BCUT2D eigenvalue weighted by Crippen LogP contribution is -2.25. The summed E-state index contributed by atoms with van der Waals surface area (Å²) in [6.07, 6.45) is 2.35. The van der Waals surface area contributed by atoms with E-state index < -0.39 is 0 Å². The molecule has 0 unspecified atom stereocenters. The summed E-state index contributed by atoms with van der Waals surface area (Å²) in [6, 6.07) is 5.33. The van der Waals surface area contributed by atoms with E-state index in [9.17, 15) is 4.79 Å². The van der Waals surface area contributed by atoms with Crippen molar-refractivity contribution in [2.75, 3.05) is 26.2 Å². The van der Waals surface area contributed by atoms with Crippen molar-refractivity contribution >= 4 is 17.4 Å². The van der Waals surface area contributed by atoms with Gasteiger partial charge in [-0.1, -0.05) is 32.4 Å². The van der Waals surface area contributed by atoms with Gasteiger partial charge in [-0.2, -0.15) is 0 Å². The molecule has 21 heavy (non-hydrogen) atoms. The average Bonchev–Trinajstić information content (AvgIpc) is 2.47. The maximum Gasteiger partial charge on any atom is 0.164 e. The summed E-state index contributed by atoms with van der Waals surface area (Å²) < 4.78 is 5.70. The maximum atomic E-state index is 11.8. The van der Waals surface area contributed by atoms with Crippen LogP contribution in [0.2, 0.25) is 5.02 Å². The van der Waals surface area contributed by atoms with Crippen LogP contribution in [0.5, 0.6) is 5.75 Å². The molecule has 3 nitrogen and oxygen atoms in total. The van der Waals surface area contributed by atoms with Gasteiger partial charge in [-0.05, 0) is 44.1 Å². The van der Waals surface area contributed by atoms with Gasteiger partial charge in [0.1, 0.15) is 5.75 Å². The van der Waals surface area contributed by atoms with Gasteiger partial charge >= 0.3 is 0 Å². The number of carbonyl (C=O) groups is 1. The molecule has 118 valence electrons. The minimum absolute atomic E-state index is 0.0931. The van der Waals surface area contributed by atoms with E-state index in [1.807, 2.05) is 13.0 Å². The van der Waals surface area contributed by atoms with E-state index in [2.05, 4.69) is 18.7 Å². The molecule has 0 fully saturated rings. The van der Waals surface area contributed by atoms with Crippen LogP contribution in [0.1, 0.15) is 50.4 Å². The lowest BCUT2D eigenvalue weighted by molar-refractivity contribution is 0.0982. The Morgan fingerprint density at radius 1 is 1.24 bits per heavy atom. The normalized spacial score (nSPS) is 10.9. The molecule has 0 N–H and O–H groups in total. The molecular formula is C17H26ClNO2. The van der Waals surface area contributed by atoms with Gasteiger partial charge < -0.3 is 9.64 Å². The molecular weight excluding hydrogens is 286 g/mol. The van der Waals surface area contributed by atoms with Gasteiger partial charge in [0.25, 0.3) is 0 Å². The molecule has 0 bridgehead atoms. The second-order valence-electron chi connectivity index (χ2n) is 5.04. The summed E-state index contributed by atoms with van der Waals surface area (Å²) in [4.78, 5) is 14.2. The van der Waals surface area contributed by atoms with Crippen LogP contribution in [-0.2, 0) is 0 Å². The standard InChI is InChI=1S/C17H26ClNO2/c1-4-8-17(20)15-10-9-14(13-16(15)18)21-12-7-11-19(5-2)6-3/h9-10,13H,4-8,11-12H2,1-3H3. The number of Topliss-reactive ketones (excluding diaryl/α,β-unsaturated/α-hetero) is 1. The molecule has 0 radical (unpaired) electrons. The van der Waals surface area contributed by atoms with E-state index in [1.54, 1.807) is 12.1 Å². The third-order valence-electron chi connectivity index (χ3n) is 3.50. The number of carbonyl (C=O) groups excluding carboxylic acids is 1. The number of hydrogen-bond donors (Lipinski definition) is 0. The van der Waals surface area contributed by atoms with Crippen LogP contribution in [-0.4, -0.2) is 36.9 Å². The van der Waals surface area contributed by atoms with Crippen molar-refractivity contribution in [3.63, 3.8) is 0 Å². The maximum absolute atomic E-state index is 11.8. The molecule has 1 rings (SSSR count). The number of nitrogens with zero attached hydrogens (tertiary/aromatic N) is 1. The topological polar surface area (TPSA) is 29.5 Å². The van der Waals surface area contributed by atoms with Crippen LogP contribution in [0, 0.1) is 0 Å². The first-order valence-electron chi connectivity index (χ1n) is 7.80. The predicted molar refractivity (Wildman–Crippen MR) is 88.6 cm³/mol. The van der Waals surface area contributed by atoms with E-state index in [4.69, 9.17) is 16.3 Å². The van der Waals surface area contributed by atoms with Crippen LogP contribution < -0.4 is 4.74 Å². The number of ether oxygens (including phenoxy) is 1. The summed E-state index contributed by atoms with van der Waals surface area (Å²) in [5.41, 5.74) is 0.592. The van der Waals surface area contributed by atoms with Crippen LogP contribution in [0.3, 0.4) is 0 Å². The summed E-state index contributed by atoms with van der Waals surface area (Å²) in [5, 5.41) is 0.481. The monoisotopic (exact) mass is 311 g/mol. The Bertz CT molecular complexity index is 444. The van der Waals surface area contributed by atoms with Crippen molar-refractivity contribution in [1.29, 1.82) is 0 Å². The highest BCUT2D eigenvalue weighted by Gasteiger charge is 2.10. The zero-order chi connectivity index (χ0) is 15.7. The van der Waals surface area contributed by atoms with Crippen molar-refractivity contribution < 1.29 is 9.53 Å². The smallest absolute Gasteiger partial charge is 0.164 e. The Kier molecular flexibility index (Phi) is 8.40. The molecule has 4 heteroatoms. The zero-order valence-electron chi connectivity index (χ0n) is 13.3. The van der Waals surface area contributed by atoms with Crippen molar-refractivity contribution in [1.82, 2.24) is 4.90 Å². The van der Waals surface area contributed by atoms with Crippen molar-refractivity contribution in [2.45, 2.75) is 40.0 Å². The van der Waals surface area contributed by atoms with E-state index in [1.165, 1.54) is 0 Å². The van der Waals surface area contributed by atoms with Gasteiger partial charge in [-0.3, -0.25) is 4.79 Å². The lowest BCUT2D eigenvalue weighted by atomic mass is 10.1. The molecule has 0 aliphatic heterocycles. The molecule has 1 aromatic rings. The summed E-state index contributed by atoms with van der Waals surface area (Å²) in [6.45, 7) is 10.1. The molecule has 0 atom stereocenters. The number of ketones is 1. The molecule has 0 saturated heterocycles. The molecule has 0 aliphatic rings. The van der Waals surface area contributed by atoms with Gasteiger partial charge in [-0.25, -0.2) is 0 Å². The minimum atomic E-state index is 0.0931. The largest absolute Gasteiger partial charge is 0.493 e. The van der Waals surface area contributed by atoms with Gasteiger partial charge in [0.05, 0.1) is 11.6 Å². The second kappa shape index (κ2) is 9.80. The molecule has 0 amide bonds. The molecule has 0 aromatic heterocycles. The Hall–Kier alpha value is -1.06. The highest BCUT2D eigenvalue weighted by molar-refractivity contribution is 6.34. The van der Waals surface area contributed by atoms with Crippen molar-refractivity contribution in [2.24, 2.45) is 0 Å². The SMILES string of the molecule is CCCC(=O)c1ccc(OCCCN(CC)CC)cc1Cl. The molecule has 0 spiro atoms. The molecule has 0 saturated carbocycles. The highest BCUT2D eigenvalue weighted by Crippen LogP contribution is 2.24. The highest BCUT2D eigenvalue weighted by atomic mass is 35.5. The zero-order valence-corrected chi connectivity index (χ0v) is 14.1. The molecule has 0 heterocycles. The van der Waals surface area contributed by atoms with Crippen molar-refractivity contribution in [3.05, 3.63) is 28.8 Å². The third-order valence-corrected chi connectivity index (χ3v) is 3.81. The number of halogens is 1. The van der Waals surface area contributed by atoms with Crippen LogP contribution in [0.4, 0.5) is 0 Å². The first-order chi connectivity index (χ1) is 10.1. The van der Waals surface area contributed by atoms with E-state index >= 15 is 0 Å². The number of benzene rings is 1. The van der Waals surface area contributed by atoms with E-state index in [0.717, 1.165) is 38.2 Å². The molecule has 1 aromatic carbocycles. The second-order valence-corrected chi connectivity index (χ2v) is 5.45. The Balaban J connectivity index is 2.47. The fourth-order valence-electron chi connectivity index (χ4n) is 2.19. The first-order valence-corrected chi connectivity index (χ1v) is 8.18. The van der Waals surface area contributed by atoms with Gasteiger partial charge in [0, 0.05) is 18.5 Å². The Morgan fingerprint density at radius 3 is 2.52 bits per heavy atom. The van der Waals surface area contributed by atoms with Gasteiger partial charge in [0.15, 0.2) is 5.78 Å². The van der Waals surface area contributed by atoms with Gasteiger partial charge in [-0.15, -0.1) is 0 Å². The van der Waals surface area contributed by atoms with Crippen LogP contribution in [0.25, 0.3) is 0 Å². The van der Waals surface area contributed by atoms with Crippen LogP contribution in [0.15, 0.2) is 18.2 Å². The third kappa shape index (κ3) is 6.06. The first kappa shape index (κ1) is 18.0. The Morgan fingerprint density at radius 2 is 1.95 bits per heavy atom. The minimum Gasteiger partial charge on any atom is -0.493 e. The number of hydrogen-bond acceptors (Lipinski definition) is 3. The van der Waals surface area contributed by atoms with Gasteiger partial charge in [0.2, 0.25) is 0 Å². The summed E-state index contributed by atoms with van der Waals surface area (Å²) in [5.74, 6) is 0.822. The fourth-order valence-corrected chi connectivity index (χ4v) is 2.47. The van der Waals surface area contributed by atoms with E-state index in [0.29, 0.717) is 23.6 Å². The quantitative estimate of drug-likeness (QED) is 0.473.